The largest absolute Gasteiger partial charge is 0.497 e. The summed E-state index contributed by atoms with van der Waals surface area (Å²) in [7, 11) is 1.72. The molecule has 0 atom stereocenters. The lowest BCUT2D eigenvalue weighted by Gasteiger charge is -2.10. The van der Waals surface area contributed by atoms with Gasteiger partial charge in [0.05, 0.1) is 7.11 Å². The van der Waals surface area contributed by atoms with Crippen LogP contribution in [0.2, 0.25) is 0 Å². The molecular weight excluding hydrogens is 280 g/mol. The standard InChI is InChI=1S/C22H24O/c1-12-8-13(2)19(14(3)9-12)21-17(6)22(21)20-15(4)10-18(23-7)11-16(20)5/h8-11H,6H2,1-5,7H3. The minimum Gasteiger partial charge on any atom is -0.497 e. The third-order valence-electron chi connectivity index (χ3n) is 4.71. The molecule has 1 aliphatic carbocycles. The van der Waals surface area contributed by atoms with Crippen LogP contribution in [0.25, 0.3) is 11.1 Å². The second-order valence-electron chi connectivity index (χ2n) is 6.64. The van der Waals surface area contributed by atoms with Crippen molar-refractivity contribution in [3.63, 3.8) is 0 Å². The van der Waals surface area contributed by atoms with Gasteiger partial charge in [-0.1, -0.05) is 24.3 Å². The molecule has 0 N–H and O–H groups in total. The molecule has 1 heteroatoms. The van der Waals surface area contributed by atoms with E-state index < -0.39 is 0 Å². The molecule has 0 amide bonds. The van der Waals surface area contributed by atoms with E-state index >= 15 is 0 Å². The molecule has 0 aliphatic heterocycles. The SMILES string of the molecule is C=C1C(c2c(C)cc(C)cc2C)=C1c1c(C)cc(OC)cc1C. The number of benzene rings is 2. The van der Waals surface area contributed by atoms with Crippen molar-refractivity contribution in [1.82, 2.24) is 0 Å². The van der Waals surface area contributed by atoms with Crippen molar-refractivity contribution < 1.29 is 4.74 Å². The first-order chi connectivity index (χ1) is 10.8. The van der Waals surface area contributed by atoms with Crippen LogP contribution in [0, 0.1) is 34.6 Å². The highest BCUT2D eigenvalue weighted by Gasteiger charge is 2.33. The van der Waals surface area contributed by atoms with Crippen LogP contribution in [0.3, 0.4) is 0 Å². The van der Waals surface area contributed by atoms with Crippen LogP contribution in [-0.2, 0) is 0 Å². The van der Waals surface area contributed by atoms with Gasteiger partial charge in [0.2, 0.25) is 0 Å². The molecular formula is C22H24O. The molecule has 0 heterocycles. The maximum absolute atomic E-state index is 5.38. The zero-order chi connectivity index (χ0) is 16.9. The Morgan fingerprint density at radius 3 is 1.48 bits per heavy atom. The van der Waals surface area contributed by atoms with Gasteiger partial charge in [-0.3, -0.25) is 0 Å². The van der Waals surface area contributed by atoms with Gasteiger partial charge in [0.25, 0.3) is 0 Å². The Morgan fingerprint density at radius 2 is 1.09 bits per heavy atom. The number of ether oxygens (including phenoxy) is 1. The quantitative estimate of drug-likeness (QED) is 0.705. The summed E-state index contributed by atoms with van der Waals surface area (Å²) >= 11 is 0. The molecule has 1 nitrogen and oxygen atoms in total. The minimum atomic E-state index is 0.917. The first-order valence-corrected chi connectivity index (χ1v) is 8.03. The number of aryl methyl sites for hydroxylation is 5. The van der Waals surface area contributed by atoms with Crippen LogP contribution in [-0.4, -0.2) is 7.11 Å². The normalized spacial score (nSPS) is 13.6. The van der Waals surface area contributed by atoms with Crippen LogP contribution in [0.4, 0.5) is 0 Å². The predicted octanol–water partition coefficient (Wildman–Crippen LogP) is 5.72. The minimum absolute atomic E-state index is 0.917. The highest BCUT2D eigenvalue weighted by atomic mass is 16.5. The van der Waals surface area contributed by atoms with Gasteiger partial charge in [-0.05, 0) is 96.9 Å². The predicted molar refractivity (Wildman–Crippen MR) is 99.1 cm³/mol. The lowest BCUT2D eigenvalue weighted by molar-refractivity contribution is 0.414. The molecule has 3 rings (SSSR count). The Bertz CT molecular complexity index is 820. The fraction of sp³-hybridized carbons (Fsp3) is 0.273. The van der Waals surface area contributed by atoms with E-state index in [4.69, 9.17) is 4.74 Å². The van der Waals surface area contributed by atoms with Gasteiger partial charge in [0.15, 0.2) is 0 Å². The second-order valence-corrected chi connectivity index (χ2v) is 6.64. The van der Waals surface area contributed by atoms with Crippen LogP contribution < -0.4 is 4.74 Å². The van der Waals surface area contributed by atoms with E-state index in [0.29, 0.717) is 0 Å². The van der Waals surface area contributed by atoms with Gasteiger partial charge < -0.3 is 4.74 Å². The molecule has 0 unspecified atom stereocenters. The fourth-order valence-electron chi connectivity index (χ4n) is 3.79. The molecule has 0 aromatic heterocycles. The summed E-state index contributed by atoms with van der Waals surface area (Å²) in [5, 5.41) is 0. The van der Waals surface area contributed by atoms with Crippen LogP contribution in [0.15, 0.2) is 36.4 Å². The summed E-state index contributed by atoms with van der Waals surface area (Å²) in [6.07, 6.45) is 0. The van der Waals surface area contributed by atoms with Crippen molar-refractivity contribution in [2.45, 2.75) is 34.6 Å². The molecule has 23 heavy (non-hydrogen) atoms. The average molecular weight is 304 g/mol. The Balaban J connectivity index is 2.18. The highest BCUT2D eigenvalue weighted by Crippen LogP contribution is 2.54. The Labute approximate surface area is 139 Å². The van der Waals surface area contributed by atoms with Crippen LogP contribution in [0.1, 0.15) is 38.9 Å². The zero-order valence-electron chi connectivity index (χ0n) is 14.9. The lowest BCUT2D eigenvalue weighted by atomic mass is 9.96. The van der Waals surface area contributed by atoms with E-state index in [1.165, 1.54) is 55.7 Å². The highest BCUT2D eigenvalue weighted by molar-refractivity contribution is 6.26. The Kier molecular flexibility index (Phi) is 3.68. The Morgan fingerprint density at radius 1 is 0.696 bits per heavy atom. The average Bonchev–Trinajstić information content (AvgIpc) is 3.07. The topological polar surface area (TPSA) is 9.23 Å². The summed E-state index contributed by atoms with van der Waals surface area (Å²) in [4.78, 5) is 0. The van der Waals surface area contributed by atoms with Crippen molar-refractivity contribution in [3.8, 4) is 5.75 Å². The number of methoxy groups -OCH3 is 1. The summed E-state index contributed by atoms with van der Waals surface area (Å²) in [6.45, 7) is 15.1. The van der Waals surface area contributed by atoms with E-state index in [-0.39, 0.29) is 0 Å². The molecule has 0 fully saturated rings. The third kappa shape index (κ3) is 2.50. The molecule has 0 saturated heterocycles. The van der Waals surface area contributed by atoms with Gasteiger partial charge >= 0.3 is 0 Å². The van der Waals surface area contributed by atoms with Crippen molar-refractivity contribution in [3.05, 3.63) is 75.4 Å². The zero-order valence-corrected chi connectivity index (χ0v) is 14.9. The summed E-state index contributed by atoms with van der Waals surface area (Å²) in [5.74, 6) is 0.917. The first-order valence-electron chi connectivity index (χ1n) is 8.03. The van der Waals surface area contributed by atoms with Crippen LogP contribution in [0.5, 0.6) is 5.75 Å². The molecule has 1 aliphatic rings. The van der Waals surface area contributed by atoms with E-state index in [9.17, 15) is 0 Å². The third-order valence-corrected chi connectivity index (χ3v) is 4.71. The molecule has 0 saturated carbocycles. The molecule has 0 radical (unpaired) electrons. The van der Waals surface area contributed by atoms with Crippen molar-refractivity contribution in [2.24, 2.45) is 0 Å². The van der Waals surface area contributed by atoms with Gasteiger partial charge in [-0.2, -0.15) is 0 Å². The number of hydrogen-bond acceptors (Lipinski definition) is 1. The van der Waals surface area contributed by atoms with E-state index in [1.54, 1.807) is 7.11 Å². The smallest absolute Gasteiger partial charge is 0.119 e. The maximum Gasteiger partial charge on any atom is 0.119 e. The summed E-state index contributed by atoms with van der Waals surface area (Å²) in [6, 6.07) is 8.72. The molecule has 2 aromatic rings. The monoisotopic (exact) mass is 304 g/mol. The summed E-state index contributed by atoms with van der Waals surface area (Å²) in [5.41, 5.74) is 13.0. The Hall–Kier alpha value is -2.28. The van der Waals surface area contributed by atoms with Gasteiger partial charge in [0.1, 0.15) is 5.75 Å². The fourth-order valence-corrected chi connectivity index (χ4v) is 3.79. The number of hydrogen-bond donors (Lipinski definition) is 0. The number of rotatable bonds is 3. The van der Waals surface area contributed by atoms with Crippen molar-refractivity contribution >= 4 is 11.1 Å². The molecule has 2 aromatic carbocycles. The maximum atomic E-state index is 5.38. The molecule has 118 valence electrons. The van der Waals surface area contributed by atoms with Crippen molar-refractivity contribution in [1.29, 1.82) is 0 Å². The van der Waals surface area contributed by atoms with Gasteiger partial charge in [0, 0.05) is 0 Å². The first kappa shape index (κ1) is 15.6. The molecule has 0 bridgehead atoms. The van der Waals surface area contributed by atoms with E-state index in [2.05, 4.69) is 65.5 Å². The summed E-state index contributed by atoms with van der Waals surface area (Å²) < 4.78 is 5.38. The lowest BCUT2D eigenvalue weighted by Crippen LogP contribution is -1.92. The second kappa shape index (κ2) is 5.42. The van der Waals surface area contributed by atoms with Crippen LogP contribution >= 0.6 is 0 Å². The van der Waals surface area contributed by atoms with Gasteiger partial charge in [-0.25, -0.2) is 0 Å². The van der Waals surface area contributed by atoms with E-state index in [1.807, 2.05) is 0 Å². The van der Waals surface area contributed by atoms with Crippen molar-refractivity contribution in [2.75, 3.05) is 7.11 Å². The molecule has 0 spiro atoms. The number of allylic oxidation sites excluding steroid dienone is 3. The van der Waals surface area contributed by atoms with E-state index in [0.717, 1.165) is 5.75 Å². The van der Waals surface area contributed by atoms with Gasteiger partial charge in [-0.15, -0.1) is 0 Å².